The minimum Gasteiger partial charge on any atom is -0.436 e. The fourth-order valence-corrected chi connectivity index (χ4v) is 4.15. The molecule has 0 aliphatic heterocycles. The summed E-state index contributed by atoms with van der Waals surface area (Å²) in [6.07, 6.45) is 0. The highest BCUT2D eigenvalue weighted by Crippen LogP contribution is 2.30. The van der Waals surface area contributed by atoms with Crippen molar-refractivity contribution in [3.63, 3.8) is 0 Å². The summed E-state index contributed by atoms with van der Waals surface area (Å²) >= 11 is 0. The molecule has 0 radical (unpaired) electrons. The minimum atomic E-state index is -0.221. The molecule has 34 heavy (non-hydrogen) atoms. The Morgan fingerprint density at radius 2 is 0.824 bits per heavy atom. The van der Waals surface area contributed by atoms with Crippen molar-refractivity contribution in [2.45, 2.75) is 0 Å². The molecular formula is C31H20FNO. The molecule has 0 N–H and O–H groups in total. The van der Waals surface area contributed by atoms with E-state index in [1.165, 1.54) is 12.1 Å². The highest BCUT2D eigenvalue weighted by molar-refractivity contribution is 5.77. The molecule has 6 aromatic rings. The number of aromatic nitrogens is 1. The zero-order valence-electron chi connectivity index (χ0n) is 18.3. The van der Waals surface area contributed by atoms with Gasteiger partial charge >= 0.3 is 0 Å². The van der Waals surface area contributed by atoms with E-state index < -0.39 is 0 Å². The molecule has 3 heteroatoms. The molecule has 0 spiro atoms. The summed E-state index contributed by atoms with van der Waals surface area (Å²) in [6, 6.07) is 39.5. The van der Waals surface area contributed by atoms with Crippen molar-refractivity contribution in [3.05, 3.63) is 127 Å². The summed E-state index contributed by atoms with van der Waals surface area (Å²) in [6.45, 7) is 0. The normalized spacial score (nSPS) is 11.1. The van der Waals surface area contributed by atoms with Gasteiger partial charge in [0.15, 0.2) is 5.58 Å². The van der Waals surface area contributed by atoms with E-state index in [4.69, 9.17) is 4.42 Å². The SMILES string of the molecule is Fc1ccc(-c2ccc(-c3ccc(-c4ccc(-c5nc6ccccc6o5)cc4)cc3)cc2)cc1. The van der Waals surface area contributed by atoms with Gasteiger partial charge in [0.1, 0.15) is 11.3 Å². The Kier molecular flexibility index (Phi) is 5.00. The Balaban J connectivity index is 1.21. The van der Waals surface area contributed by atoms with E-state index in [1.807, 2.05) is 36.4 Å². The van der Waals surface area contributed by atoms with Gasteiger partial charge in [0, 0.05) is 5.56 Å². The topological polar surface area (TPSA) is 26.0 Å². The third-order valence-electron chi connectivity index (χ3n) is 6.04. The Labute approximate surface area is 197 Å². The molecule has 0 aliphatic rings. The molecule has 0 saturated heterocycles. The minimum absolute atomic E-state index is 0.221. The standard InChI is InChI=1S/C31H20FNO/c32-28-19-17-26(18-20-28)24-11-9-22(10-12-24)21-5-7-23(8-6-21)25-13-15-27(16-14-25)31-33-29-3-1-2-4-30(29)34-31/h1-20H. The van der Waals surface area contributed by atoms with Crippen molar-refractivity contribution >= 4 is 11.1 Å². The van der Waals surface area contributed by atoms with Gasteiger partial charge in [0.25, 0.3) is 0 Å². The van der Waals surface area contributed by atoms with Crippen LogP contribution in [0.15, 0.2) is 126 Å². The zero-order chi connectivity index (χ0) is 22.9. The molecule has 0 saturated carbocycles. The van der Waals surface area contributed by atoms with Gasteiger partial charge in [-0.1, -0.05) is 84.9 Å². The molecule has 0 fully saturated rings. The lowest BCUT2D eigenvalue weighted by atomic mass is 9.98. The van der Waals surface area contributed by atoms with E-state index in [1.54, 1.807) is 12.1 Å². The van der Waals surface area contributed by atoms with E-state index in [0.29, 0.717) is 5.89 Å². The fraction of sp³-hybridized carbons (Fsp3) is 0. The van der Waals surface area contributed by atoms with Crippen molar-refractivity contribution in [1.29, 1.82) is 0 Å². The van der Waals surface area contributed by atoms with Gasteiger partial charge in [-0.25, -0.2) is 9.37 Å². The third kappa shape index (κ3) is 3.89. The number of benzene rings is 5. The number of hydrogen-bond donors (Lipinski definition) is 0. The number of halogens is 1. The average molecular weight is 442 g/mol. The van der Waals surface area contributed by atoms with Gasteiger partial charge in [-0.2, -0.15) is 0 Å². The first-order chi connectivity index (χ1) is 16.7. The van der Waals surface area contributed by atoms with Crippen molar-refractivity contribution in [1.82, 2.24) is 4.98 Å². The van der Waals surface area contributed by atoms with Crippen LogP contribution in [0, 0.1) is 5.82 Å². The highest BCUT2D eigenvalue weighted by atomic mass is 19.1. The van der Waals surface area contributed by atoms with Crippen molar-refractivity contribution in [2.24, 2.45) is 0 Å². The van der Waals surface area contributed by atoms with E-state index >= 15 is 0 Å². The summed E-state index contributed by atoms with van der Waals surface area (Å²) in [7, 11) is 0. The second kappa shape index (κ2) is 8.45. The largest absolute Gasteiger partial charge is 0.436 e. The number of hydrogen-bond acceptors (Lipinski definition) is 2. The summed E-state index contributed by atoms with van der Waals surface area (Å²) in [5, 5.41) is 0. The Morgan fingerprint density at radius 3 is 1.26 bits per heavy atom. The van der Waals surface area contributed by atoms with E-state index in [9.17, 15) is 4.39 Å². The zero-order valence-corrected chi connectivity index (χ0v) is 18.3. The lowest BCUT2D eigenvalue weighted by Crippen LogP contribution is -1.83. The second-order valence-electron chi connectivity index (χ2n) is 8.23. The molecule has 1 heterocycles. The lowest BCUT2D eigenvalue weighted by molar-refractivity contribution is 0.620. The molecule has 0 aliphatic carbocycles. The number of para-hydroxylation sites is 2. The van der Waals surface area contributed by atoms with Crippen LogP contribution in [0.2, 0.25) is 0 Å². The van der Waals surface area contributed by atoms with Crippen LogP contribution in [0.25, 0.3) is 55.9 Å². The fourth-order valence-electron chi connectivity index (χ4n) is 4.15. The van der Waals surface area contributed by atoms with Gasteiger partial charge in [-0.15, -0.1) is 0 Å². The molecule has 0 amide bonds. The number of rotatable bonds is 4. The predicted octanol–water partition coefficient (Wildman–Crippen LogP) is 8.63. The van der Waals surface area contributed by atoms with Gasteiger partial charge < -0.3 is 4.42 Å². The quantitative estimate of drug-likeness (QED) is 0.274. The molecule has 5 aromatic carbocycles. The van der Waals surface area contributed by atoms with Crippen LogP contribution in [-0.2, 0) is 0 Å². The second-order valence-corrected chi connectivity index (χ2v) is 8.23. The molecule has 6 rings (SSSR count). The molecular weight excluding hydrogens is 421 g/mol. The van der Waals surface area contributed by atoms with Gasteiger partial charge in [0.2, 0.25) is 5.89 Å². The summed E-state index contributed by atoms with van der Waals surface area (Å²) in [4.78, 5) is 4.58. The maximum Gasteiger partial charge on any atom is 0.227 e. The van der Waals surface area contributed by atoms with Crippen LogP contribution >= 0.6 is 0 Å². The van der Waals surface area contributed by atoms with Crippen molar-refractivity contribution < 1.29 is 8.81 Å². The van der Waals surface area contributed by atoms with Crippen molar-refractivity contribution in [3.8, 4) is 44.8 Å². The molecule has 2 nitrogen and oxygen atoms in total. The summed E-state index contributed by atoms with van der Waals surface area (Å²) < 4.78 is 19.1. The molecule has 162 valence electrons. The Bertz CT molecular complexity index is 1530. The maximum atomic E-state index is 13.2. The van der Waals surface area contributed by atoms with Gasteiger partial charge in [-0.05, 0) is 69.8 Å². The first-order valence-electron chi connectivity index (χ1n) is 11.2. The third-order valence-corrected chi connectivity index (χ3v) is 6.04. The van der Waals surface area contributed by atoms with Crippen LogP contribution in [-0.4, -0.2) is 4.98 Å². The Hall–Kier alpha value is -4.50. The van der Waals surface area contributed by atoms with E-state index in [2.05, 4.69) is 65.6 Å². The van der Waals surface area contributed by atoms with Crippen LogP contribution in [0.3, 0.4) is 0 Å². The summed E-state index contributed by atoms with van der Waals surface area (Å²) in [5.74, 6) is 0.411. The first-order valence-corrected chi connectivity index (χ1v) is 11.2. The molecule has 0 bridgehead atoms. The molecule has 1 aromatic heterocycles. The molecule has 0 unspecified atom stereocenters. The van der Waals surface area contributed by atoms with Crippen LogP contribution in [0.1, 0.15) is 0 Å². The lowest BCUT2D eigenvalue weighted by Gasteiger charge is -2.07. The average Bonchev–Trinajstić information content (AvgIpc) is 3.34. The summed E-state index contributed by atoms with van der Waals surface area (Å²) in [5.41, 5.74) is 9.27. The van der Waals surface area contributed by atoms with E-state index in [0.717, 1.165) is 50.0 Å². The van der Waals surface area contributed by atoms with Crippen LogP contribution in [0.5, 0.6) is 0 Å². The predicted molar refractivity (Wildman–Crippen MR) is 136 cm³/mol. The number of nitrogens with zero attached hydrogens (tertiary/aromatic N) is 1. The van der Waals surface area contributed by atoms with Gasteiger partial charge in [-0.3, -0.25) is 0 Å². The molecule has 0 atom stereocenters. The monoisotopic (exact) mass is 441 g/mol. The van der Waals surface area contributed by atoms with E-state index in [-0.39, 0.29) is 5.82 Å². The van der Waals surface area contributed by atoms with Gasteiger partial charge in [0.05, 0.1) is 0 Å². The maximum absolute atomic E-state index is 13.2. The number of fused-ring (bicyclic) bond motifs is 1. The number of oxazole rings is 1. The van der Waals surface area contributed by atoms with Crippen LogP contribution in [0.4, 0.5) is 4.39 Å². The van der Waals surface area contributed by atoms with Crippen molar-refractivity contribution in [2.75, 3.05) is 0 Å². The van der Waals surface area contributed by atoms with Crippen LogP contribution < -0.4 is 0 Å². The smallest absolute Gasteiger partial charge is 0.227 e. The Morgan fingerprint density at radius 1 is 0.441 bits per heavy atom. The highest BCUT2D eigenvalue weighted by Gasteiger charge is 2.08. The first kappa shape index (κ1) is 20.1.